The van der Waals surface area contributed by atoms with Crippen LogP contribution in [0.1, 0.15) is 24.2 Å². The van der Waals surface area contributed by atoms with E-state index in [9.17, 15) is 4.79 Å². The summed E-state index contributed by atoms with van der Waals surface area (Å²) in [6.07, 6.45) is -0.552. The first-order chi connectivity index (χ1) is 10.3. The molecule has 1 saturated heterocycles. The molecule has 0 unspecified atom stereocenters. The maximum atomic E-state index is 12.4. The van der Waals surface area contributed by atoms with Crippen molar-refractivity contribution in [1.82, 2.24) is 5.32 Å². The van der Waals surface area contributed by atoms with Crippen LogP contribution in [0.25, 0.3) is 0 Å². The Kier molecular flexibility index (Phi) is 5.97. The van der Waals surface area contributed by atoms with Gasteiger partial charge in [0.2, 0.25) is 6.17 Å². The SMILES string of the molecule is C[C@@H]1C[NH+]([C@@H](NC(=O)c2ccccc2)C(Cl)(Cl)Cl)C[C@@H](C)O1. The predicted octanol–water partition coefficient (Wildman–Crippen LogP) is 1.80. The van der Waals surface area contributed by atoms with Gasteiger partial charge in [-0.05, 0) is 26.0 Å². The number of hydrogen-bond acceptors (Lipinski definition) is 2. The van der Waals surface area contributed by atoms with Gasteiger partial charge in [-0.15, -0.1) is 0 Å². The van der Waals surface area contributed by atoms with E-state index in [-0.39, 0.29) is 18.1 Å². The normalized spacial score (nSPS) is 27.2. The summed E-state index contributed by atoms with van der Waals surface area (Å²) in [6, 6.07) is 8.89. The number of quaternary nitrogens is 1. The maximum Gasteiger partial charge on any atom is 0.262 e. The van der Waals surface area contributed by atoms with Gasteiger partial charge in [0, 0.05) is 5.56 Å². The van der Waals surface area contributed by atoms with Crippen LogP contribution in [0.5, 0.6) is 0 Å². The molecule has 1 aromatic carbocycles. The van der Waals surface area contributed by atoms with Crippen LogP contribution in [0.4, 0.5) is 0 Å². The Hall–Kier alpha value is -0.520. The minimum atomic E-state index is -1.60. The molecule has 1 aliphatic rings. The number of ether oxygens (including phenoxy) is 1. The van der Waals surface area contributed by atoms with Crippen molar-refractivity contribution in [2.45, 2.75) is 36.0 Å². The summed E-state index contributed by atoms with van der Waals surface area (Å²) >= 11 is 18.3. The summed E-state index contributed by atoms with van der Waals surface area (Å²) in [7, 11) is 0. The first kappa shape index (κ1) is 17.8. The van der Waals surface area contributed by atoms with Crippen LogP contribution in [0.15, 0.2) is 30.3 Å². The molecule has 1 heterocycles. The molecule has 2 rings (SSSR count). The Morgan fingerprint density at radius 2 is 1.77 bits per heavy atom. The molecule has 0 aromatic heterocycles. The smallest absolute Gasteiger partial charge is 0.262 e. The Morgan fingerprint density at radius 1 is 1.23 bits per heavy atom. The summed E-state index contributed by atoms with van der Waals surface area (Å²) < 4.78 is 4.11. The molecule has 22 heavy (non-hydrogen) atoms. The Labute approximate surface area is 145 Å². The van der Waals surface area contributed by atoms with Gasteiger partial charge in [0.1, 0.15) is 25.3 Å². The number of rotatable bonds is 3. The van der Waals surface area contributed by atoms with Gasteiger partial charge in [-0.25, -0.2) is 0 Å². The number of morpholine rings is 1. The van der Waals surface area contributed by atoms with Crippen molar-refractivity contribution < 1.29 is 14.4 Å². The Bertz CT molecular complexity index is 497. The van der Waals surface area contributed by atoms with E-state index in [4.69, 9.17) is 39.5 Å². The number of halogens is 3. The zero-order chi connectivity index (χ0) is 16.3. The lowest BCUT2D eigenvalue weighted by Crippen LogP contribution is -3.22. The second kappa shape index (κ2) is 7.37. The second-order valence-corrected chi connectivity index (χ2v) is 8.01. The zero-order valence-corrected chi connectivity index (χ0v) is 14.8. The largest absolute Gasteiger partial charge is 0.364 e. The summed E-state index contributed by atoms with van der Waals surface area (Å²) in [5, 5.41) is 2.86. The van der Waals surface area contributed by atoms with Gasteiger partial charge >= 0.3 is 0 Å². The Morgan fingerprint density at radius 3 is 2.27 bits per heavy atom. The summed E-state index contributed by atoms with van der Waals surface area (Å²) in [5.41, 5.74) is 0.538. The lowest BCUT2D eigenvalue weighted by Gasteiger charge is -2.39. The third-order valence-electron chi connectivity index (χ3n) is 3.61. The number of carbonyl (C=O) groups is 1. The highest BCUT2D eigenvalue weighted by Gasteiger charge is 2.44. The first-order valence-corrected chi connectivity index (χ1v) is 8.33. The van der Waals surface area contributed by atoms with E-state index in [1.807, 2.05) is 19.9 Å². The maximum absolute atomic E-state index is 12.4. The molecule has 122 valence electrons. The van der Waals surface area contributed by atoms with E-state index < -0.39 is 9.96 Å². The third kappa shape index (κ3) is 4.74. The van der Waals surface area contributed by atoms with Crippen molar-refractivity contribution in [2.24, 2.45) is 0 Å². The number of benzene rings is 1. The van der Waals surface area contributed by atoms with Crippen molar-refractivity contribution >= 4 is 40.7 Å². The molecule has 1 aromatic rings. The number of carbonyl (C=O) groups excluding carboxylic acids is 1. The van der Waals surface area contributed by atoms with Crippen molar-refractivity contribution in [1.29, 1.82) is 0 Å². The number of amides is 1. The molecule has 1 fully saturated rings. The highest BCUT2D eigenvalue weighted by molar-refractivity contribution is 6.68. The summed E-state index contributed by atoms with van der Waals surface area (Å²) in [5.74, 6) is -0.253. The molecule has 0 radical (unpaired) electrons. The molecule has 1 aliphatic heterocycles. The van der Waals surface area contributed by atoms with E-state index in [0.717, 1.165) is 4.90 Å². The minimum Gasteiger partial charge on any atom is -0.364 e. The van der Waals surface area contributed by atoms with E-state index in [1.165, 1.54) is 0 Å². The van der Waals surface area contributed by atoms with Gasteiger partial charge in [-0.3, -0.25) is 10.1 Å². The van der Waals surface area contributed by atoms with Crippen LogP contribution in [-0.2, 0) is 4.74 Å². The standard InChI is InChI=1S/C15H19Cl3N2O2/c1-10-8-20(9-11(2)22-10)14(15(16,17)18)19-13(21)12-6-4-3-5-7-12/h3-7,10-11,14H,8-9H2,1-2H3,(H,19,21)/p+1/t10-,11-,14-/m1/s1. The van der Waals surface area contributed by atoms with Crippen molar-refractivity contribution in [3.63, 3.8) is 0 Å². The summed E-state index contributed by atoms with van der Waals surface area (Å²) in [6.45, 7) is 5.28. The molecule has 3 atom stereocenters. The molecule has 2 N–H and O–H groups in total. The zero-order valence-electron chi connectivity index (χ0n) is 12.5. The molecule has 1 amide bonds. The van der Waals surface area contributed by atoms with Crippen molar-refractivity contribution in [3.8, 4) is 0 Å². The molecular formula is C15H20Cl3N2O2+. The topological polar surface area (TPSA) is 42.8 Å². The van der Waals surface area contributed by atoms with E-state index in [2.05, 4.69) is 5.32 Å². The monoisotopic (exact) mass is 365 g/mol. The van der Waals surface area contributed by atoms with Crippen LogP contribution >= 0.6 is 34.8 Å². The van der Waals surface area contributed by atoms with Crippen LogP contribution in [0.2, 0.25) is 0 Å². The highest BCUT2D eigenvalue weighted by Crippen LogP contribution is 2.28. The fourth-order valence-electron chi connectivity index (χ4n) is 2.77. The van der Waals surface area contributed by atoms with Gasteiger partial charge in [-0.2, -0.15) is 0 Å². The number of hydrogen-bond donors (Lipinski definition) is 2. The van der Waals surface area contributed by atoms with Gasteiger partial charge < -0.3 is 9.64 Å². The van der Waals surface area contributed by atoms with Crippen LogP contribution in [-0.4, -0.2) is 41.2 Å². The summed E-state index contributed by atoms with van der Waals surface area (Å²) in [4.78, 5) is 13.4. The van der Waals surface area contributed by atoms with Crippen molar-refractivity contribution in [3.05, 3.63) is 35.9 Å². The fraction of sp³-hybridized carbons (Fsp3) is 0.533. The van der Waals surface area contributed by atoms with Crippen LogP contribution in [0.3, 0.4) is 0 Å². The molecule has 0 bridgehead atoms. The highest BCUT2D eigenvalue weighted by atomic mass is 35.6. The van der Waals surface area contributed by atoms with E-state index in [0.29, 0.717) is 18.7 Å². The Balaban J connectivity index is 2.15. The minimum absolute atomic E-state index is 0.0437. The number of alkyl halides is 3. The van der Waals surface area contributed by atoms with Crippen LogP contribution in [0, 0.1) is 0 Å². The van der Waals surface area contributed by atoms with Gasteiger partial charge in [0.15, 0.2) is 0 Å². The third-order valence-corrected chi connectivity index (χ3v) is 4.27. The van der Waals surface area contributed by atoms with Gasteiger partial charge in [0.05, 0.1) is 0 Å². The lowest BCUT2D eigenvalue weighted by molar-refractivity contribution is -0.941. The van der Waals surface area contributed by atoms with E-state index >= 15 is 0 Å². The molecule has 7 heteroatoms. The number of nitrogens with one attached hydrogen (secondary N) is 2. The average Bonchev–Trinajstić information content (AvgIpc) is 2.43. The van der Waals surface area contributed by atoms with Gasteiger partial charge in [0.25, 0.3) is 9.70 Å². The molecular weight excluding hydrogens is 347 g/mol. The molecule has 0 aliphatic carbocycles. The van der Waals surface area contributed by atoms with E-state index in [1.54, 1.807) is 24.3 Å². The van der Waals surface area contributed by atoms with Gasteiger partial charge in [-0.1, -0.05) is 53.0 Å². The first-order valence-electron chi connectivity index (χ1n) is 7.20. The predicted molar refractivity (Wildman–Crippen MR) is 88.7 cm³/mol. The molecule has 0 spiro atoms. The second-order valence-electron chi connectivity index (χ2n) is 5.64. The van der Waals surface area contributed by atoms with Crippen LogP contribution < -0.4 is 10.2 Å². The fourth-order valence-corrected chi connectivity index (χ4v) is 3.40. The molecule has 4 nitrogen and oxygen atoms in total. The average molecular weight is 367 g/mol. The quantitative estimate of drug-likeness (QED) is 0.801. The lowest BCUT2D eigenvalue weighted by atomic mass is 10.2. The van der Waals surface area contributed by atoms with Crippen molar-refractivity contribution in [2.75, 3.05) is 13.1 Å². The molecule has 0 saturated carbocycles.